The monoisotopic (exact) mass is 486 g/mol. The van der Waals surface area contributed by atoms with Gasteiger partial charge in [0.15, 0.2) is 0 Å². The average Bonchev–Trinajstić information content (AvgIpc) is 2.54. The molecule has 0 saturated heterocycles. The first-order valence-electron chi connectivity index (χ1n) is 7.13. The topological polar surface area (TPSA) is 20.2 Å². The van der Waals surface area contributed by atoms with Crippen molar-refractivity contribution in [1.82, 2.24) is 0 Å². The molecule has 1 N–H and O–H groups in total. The predicted molar refractivity (Wildman–Crippen MR) is 55.7 cm³/mol. The van der Waals surface area contributed by atoms with Gasteiger partial charge in [-0.25, -0.2) is 48.3 Å². The largest absolute Gasteiger partial charge is 0.390 e. The van der Waals surface area contributed by atoms with Gasteiger partial charge in [0, 0.05) is 0 Å². The van der Waals surface area contributed by atoms with Crippen molar-refractivity contribution in [2.24, 2.45) is 5.41 Å². The number of aliphatic hydroxyl groups excluding tert-OH is 1. The molecule has 0 radical (unpaired) electrons. The zero-order chi connectivity index (χ0) is 24.2. The highest BCUT2D eigenvalue weighted by atomic mass is 19.4. The summed E-state index contributed by atoms with van der Waals surface area (Å²) < 4.78 is 241. The lowest BCUT2D eigenvalue weighted by atomic mass is 9.35. The molecule has 30 heavy (non-hydrogen) atoms. The van der Waals surface area contributed by atoms with Crippen molar-refractivity contribution in [3.63, 3.8) is 0 Å². The fraction of sp³-hybridized carbons (Fsp3) is 1.00. The Morgan fingerprint density at radius 1 is 0.433 bits per heavy atom. The summed E-state index contributed by atoms with van der Waals surface area (Å²) in [6.07, 6.45) is 0. The number of hydrogen-bond acceptors (Lipinski definition) is 1. The lowest BCUT2D eigenvalue weighted by Crippen LogP contribution is -3.09. The molecule has 4 bridgehead atoms. The summed E-state index contributed by atoms with van der Waals surface area (Å²) in [5.74, 6) is -56.2. The van der Waals surface area contributed by atoms with Gasteiger partial charge in [0.05, 0.1) is 0 Å². The van der Waals surface area contributed by atoms with Crippen LogP contribution in [-0.2, 0) is 0 Å². The lowest BCUT2D eigenvalue weighted by molar-refractivity contribution is -0.628. The van der Waals surface area contributed by atoms with Crippen LogP contribution in [-0.4, -0.2) is 70.2 Å². The Hall–Kier alpha value is -1.23. The Kier molecular flexibility index (Phi) is 3.59. The number of aliphatic hydroxyl groups is 1. The summed E-state index contributed by atoms with van der Waals surface area (Å²) in [5, 5.41) is 8.31. The molecule has 4 aliphatic carbocycles. The highest BCUT2D eigenvalue weighted by Gasteiger charge is 3.24. The normalized spacial score (nSPS) is 48.6. The molecule has 0 aromatic carbocycles. The van der Waals surface area contributed by atoms with Crippen LogP contribution < -0.4 is 0 Å². The van der Waals surface area contributed by atoms with Crippen LogP contribution in [0.25, 0.3) is 0 Å². The van der Waals surface area contributed by atoms with E-state index in [1.165, 1.54) is 0 Å². The van der Waals surface area contributed by atoms with E-state index in [1.54, 1.807) is 0 Å². The first-order valence-corrected chi connectivity index (χ1v) is 7.13. The Labute approximate surface area is 151 Å². The van der Waals surface area contributed by atoms with Crippen molar-refractivity contribution in [1.29, 1.82) is 0 Å². The minimum Gasteiger partial charge on any atom is -0.390 e. The van der Waals surface area contributed by atoms with Crippen LogP contribution in [0.15, 0.2) is 0 Å². The molecule has 4 rings (SSSR count). The molecule has 18 heteroatoms. The van der Waals surface area contributed by atoms with Crippen molar-refractivity contribution in [2.75, 3.05) is 6.61 Å². The van der Waals surface area contributed by atoms with Crippen molar-refractivity contribution < 1.29 is 79.7 Å². The van der Waals surface area contributed by atoms with Crippen molar-refractivity contribution >= 4 is 0 Å². The second-order valence-corrected chi connectivity index (χ2v) is 7.03. The van der Waals surface area contributed by atoms with E-state index in [9.17, 15) is 74.6 Å². The van der Waals surface area contributed by atoms with Crippen LogP contribution in [0, 0.1) is 5.41 Å². The molecule has 0 aliphatic heterocycles. The molecule has 4 aliphatic rings. The summed E-state index contributed by atoms with van der Waals surface area (Å²) in [4.78, 5) is 0. The molecular weight excluding hydrogens is 483 g/mol. The Morgan fingerprint density at radius 3 is 0.800 bits per heavy atom. The molecule has 0 atom stereocenters. The van der Waals surface area contributed by atoms with Crippen molar-refractivity contribution in [3.8, 4) is 0 Å². The van der Waals surface area contributed by atoms with Crippen molar-refractivity contribution in [3.05, 3.63) is 0 Å². The molecule has 4 fully saturated rings. The van der Waals surface area contributed by atoms with Gasteiger partial charge in [0.2, 0.25) is 5.41 Å². The fourth-order valence-corrected chi connectivity index (χ4v) is 4.66. The van der Waals surface area contributed by atoms with E-state index >= 15 is 0 Å². The standard InChI is InChI=1S/C12H3F17O/c13-2(14,1-30)3-7(18,19)4(15)10(24,25)5(16,8(3,20)21)12(28,29)6(17,9(3,22)23)11(4,26)27/h30H,1H2. The molecule has 0 aromatic rings. The van der Waals surface area contributed by atoms with E-state index in [0.717, 1.165) is 0 Å². The summed E-state index contributed by atoms with van der Waals surface area (Å²) in [5.41, 5.74) is -32.2. The zero-order valence-corrected chi connectivity index (χ0v) is 13.1. The molecule has 4 saturated carbocycles. The van der Waals surface area contributed by atoms with Crippen LogP contribution in [0.2, 0.25) is 0 Å². The maximum absolute atomic E-state index is 14.5. The van der Waals surface area contributed by atoms with Crippen LogP contribution in [0.5, 0.6) is 0 Å². The van der Waals surface area contributed by atoms with E-state index in [-0.39, 0.29) is 0 Å². The van der Waals surface area contributed by atoms with Crippen molar-refractivity contribution in [2.45, 2.75) is 58.5 Å². The third-order valence-corrected chi connectivity index (χ3v) is 6.05. The van der Waals surface area contributed by atoms with Crippen LogP contribution in [0.3, 0.4) is 0 Å². The van der Waals surface area contributed by atoms with Gasteiger partial charge in [0.1, 0.15) is 6.61 Å². The maximum atomic E-state index is 14.5. The second kappa shape index (κ2) is 4.60. The zero-order valence-electron chi connectivity index (χ0n) is 13.1. The molecule has 0 heterocycles. The number of hydrogen-bond donors (Lipinski definition) is 1. The van der Waals surface area contributed by atoms with Crippen LogP contribution >= 0.6 is 0 Å². The molecule has 176 valence electrons. The van der Waals surface area contributed by atoms with E-state index in [0.29, 0.717) is 0 Å². The van der Waals surface area contributed by atoms with Gasteiger partial charge in [0.25, 0.3) is 5.92 Å². The third kappa shape index (κ3) is 1.26. The highest BCUT2D eigenvalue weighted by Crippen LogP contribution is 2.92. The minimum absolute atomic E-state index is 3.78. The van der Waals surface area contributed by atoms with Gasteiger partial charge in [-0.1, -0.05) is 0 Å². The van der Waals surface area contributed by atoms with Gasteiger partial charge >= 0.3 is 52.5 Å². The number of halogens is 17. The summed E-state index contributed by atoms with van der Waals surface area (Å²) >= 11 is 0. The fourth-order valence-electron chi connectivity index (χ4n) is 4.66. The molecule has 1 nitrogen and oxygen atoms in total. The van der Waals surface area contributed by atoms with Crippen LogP contribution in [0.1, 0.15) is 0 Å². The van der Waals surface area contributed by atoms with E-state index in [2.05, 4.69) is 0 Å². The van der Waals surface area contributed by atoms with Crippen LogP contribution in [0.4, 0.5) is 74.6 Å². The summed E-state index contributed by atoms with van der Waals surface area (Å²) in [6, 6.07) is 0. The molecule has 0 spiro atoms. The predicted octanol–water partition coefficient (Wildman–Crippen LogP) is 4.58. The van der Waals surface area contributed by atoms with E-state index in [1.807, 2.05) is 0 Å². The Bertz CT molecular complexity index is 700. The molecule has 0 unspecified atom stereocenters. The van der Waals surface area contributed by atoms with Gasteiger partial charge in [-0.15, -0.1) is 0 Å². The van der Waals surface area contributed by atoms with Gasteiger partial charge in [-0.3, -0.25) is 0 Å². The van der Waals surface area contributed by atoms with E-state index in [4.69, 9.17) is 5.11 Å². The summed E-state index contributed by atoms with van der Waals surface area (Å²) in [7, 11) is 0. The minimum atomic E-state index is -8.21. The number of alkyl halides is 17. The second-order valence-electron chi connectivity index (χ2n) is 7.03. The van der Waals surface area contributed by atoms with E-state index < -0.39 is 70.5 Å². The third-order valence-electron chi connectivity index (χ3n) is 6.05. The molecular formula is C12H3F17O. The number of rotatable bonds is 2. The average molecular weight is 486 g/mol. The Balaban J connectivity index is 2.79. The smallest absolute Gasteiger partial charge is 0.339 e. The molecule has 0 aromatic heterocycles. The first kappa shape index (κ1) is 23.4. The first-order chi connectivity index (χ1) is 12.8. The van der Waals surface area contributed by atoms with Gasteiger partial charge in [-0.05, 0) is 0 Å². The van der Waals surface area contributed by atoms with Gasteiger partial charge < -0.3 is 5.11 Å². The maximum Gasteiger partial charge on any atom is 0.339 e. The lowest BCUT2D eigenvalue weighted by Gasteiger charge is -2.75. The SMILES string of the molecule is OCC(F)(F)C12C(F)(F)C3(F)C(F)(F)C(F)(C(F)(F)C(F)(C3(F)F)C1(F)F)C2(F)F. The highest BCUT2D eigenvalue weighted by molar-refractivity contribution is 5.54. The Morgan fingerprint density at radius 2 is 0.633 bits per heavy atom. The molecule has 0 amide bonds. The van der Waals surface area contributed by atoms with Gasteiger partial charge in [-0.2, -0.15) is 26.3 Å². The quantitative estimate of drug-likeness (QED) is 0.568. The summed E-state index contributed by atoms with van der Waals surface area (Å²) in [6.45, 7) is -3.78.